The summed E-state index contributed by atoms with van der Waals surface area (Å²) in [6.45, 7) is 0. The standard InChI is InChI=1S/C25H24N4/c26-22-7-2-1-4-20(22)16-17-8-10-18(11-9-17)21-12-13-23(19-5-3-6-19)29-15-14-28-25(27)24(21)29/h1-2,4,7-12,14-15,19H,3,5-6,16,26H2,(H2,27,28). The Kier molecular flexibility index (Phi) is 4.34. The van der Waals surface area contributed by atoms with E-state index in [-0.39, 0.29) is 0 Å². The fourth-order valence-electron chi connectivity index (χ4n) is 4.13. The lowest BCUT2D eigenvalue weighted by Crippen LogP contribution is -2.35. The fourth-order valence-corrected chi connectivity index (χ4v) is 4.13. The number of fused-ring (bicyclic) bond motifs is 1. The number of allylic oxidation sites excluding steroid dienone is 2. The Bertz CT molecular complexity index is 1110. The minimum atomic E-state index is 0.554. The van der Waals surface area contributed by atoms with Crippen LogP contribution in [0.2, 0.25) is 0 Å². The molecule has 0 bridgehead atoms. The van der Waals surface area contributed by atoms with Gasteiger partial charge in [-0.3, -0.25) is 0 Å². The van der Waals surface area contributed by atoms with E-state index in [0.717, 1.165) is 34.5 Å². The van der Waals surface area contributed by atoms with Crippen LogP contribution in [0.5, 0.6) is 0 Å². The van der Waals surface area contributed by atoms with E-state index in [1.165, 1.54) is 30.5 Å². The molecule has 2 heterocycles. The molecular formula is C25H24N4. The summed E-state index contributed by atoms with van der Waals surface area (Å²) in [5.41, 5.74) is 23.5. The van der Waals surface area contributed by atoms with Crippen LogP contribution >= 0.6 is 0 Å². The van der Waals surface area contributed by atoms with Crippen LogP contribution in [0.3, 0.4) is 0 Å². The van der Waals surface area contributed by atoms with Crippen LogP contribution < -0.4 is 11.5 Å². The highest BCUT2D eigenvalue weighted by molar-refractivity contribution is 6.06. The van der Waals surface area contributed by atoms with Gasteiger partial charge in [0.15, 0.2) is 0 Å². The van der Waals surface area contributed by atoms with E-state index in [2.05, 4.69) is 52.0 Å². The number of amidine groups is 1. The van der Waals surface area contributed by atoms with Gasteiger partial charge >= 0.3 is 0 Å². The minimum Gasteiger partial charge on any atom is -0.398 e. The second kappa shape index (κ2) is 7.16. The average molecular weight is 380 g/mol. The fraction of sp³-hybridized carbons (Fsp3) is 0.200. The molecule has 2 aliphatic heterocycles. The van der Waals surface area contributed by atoms with Crippen LogP contribution in [0, 0.1) is 5.92 Å². The van der Waals surface area contributed by atoms with Gasteiger partial charge in [-0.1, -0.05) is 54.6 Å². The molecule has 4 N–H and O–H groups in total. The minimum absolute atomic E-state index is 0.554. The van der Waals surface area contributed by atoms with Gasteiger partial charge in [-0.05, 0) is 48.1 Å². The van der Waals surface area contributed by atoms with Gasteiger partial charge in [0.05, 0.1) is 11.4 Å². The topological polar surface area (TPSA) is 67.6 Å². The molecular weight excluding hydrogens is 356 g/mol. The Hall–Kier alpha value is -3.49. The lowest BCUT2D eigenvalue weighted by Gasteiger charge is -2.37. The van der Waals surface area contributed by atoms with Crippen molar-refractivity contribution in [2.75, 3.05) is 5.73 Å². The first-order chi connectivity index (χ1) is 14.2. The quantitative estimate of drug-likeness (QED) is 0.603. The van der Waals surface area contributed by atoms with Gasteiger partial charge < -0.3 is 16.4 Å². The Morgan fingerprint density at radius 1 is 1.03 bits per heavy atom. The summed E-state index contributed by atoms with van der Waals surface area (Å²) in [6.07, 6.45) is 10.4. The molecule has 2 aromatic rings. The lowest BCUT2D eigenvalue weighted by molar-refractivity contribution is 0.315. The molecule has 0 aromatic heterocycles. The number of nitrogens with two attached hydrogens (primary N) is 2. The van der Waals surface area contributed by atoms with Crippen LogP contribution in [0.4, 0.5) is 5.69 Å². The van der Waals surface area contributed by atoms with E-state index in [1.54, 1.807) is 6.20 Å². The van der Waals surface area contributed by atoms with Crippen LogP contribution in [0.1, 0.15) is 36.0 Å². The number of benzene rings is 2. The molecule has 1 fully saturated rings. The van der Waals surface area contributed by atoms with E-state index in [4.69, 9.17) is 11.5 Å². The number of rotatable bonds is 4. The lowest BCUT2D eigenvalue weighted by atomic mass is 9.81. The zero-order chi connectivity index (χ0) is 19.8. The number of anilines is 1. The zero-order valence-electron chi connectivity index (χ0n) is 16.3. The van der Waals surface area contributed by atoms with Gasteiger partial charge in [-0.25, -0.2) is 4.99 Å². The molecule has 0 spiro atoms. The molecule has 0 amide bonds. The molecule has 29 heavy (non-hydrogen) atoms. The number of nitrogens with zero attached hydrogens (tertiary/aromatic N) is 2. The molecule has 144 valence electrons. The SMILES string of the molecule is NC1=NC=CN2C(C3CCC3)=C=CC(c3ccc(Cc4ccccc4N)cc3)=C12. The number of hydrogen-bond donors (Lipinski definition) is 2. The van der Waals surface area contributed by atoms with Gasteiger partial charge in [0.2, 0.25) is 0 Å². The predicted octanol–water partition coefficient (Wildman–Crippen LogP) is 4.57. The third-order valence-electron chi connectivity index (χ3n) is 6.00. The van der Waals surface area contributed by atoms with Gasteiger partial charge in [-0.2, -0.15) is 0 Å². The van der Waals surface area contributed by atoms with E-state index >= 15 is 0 Å². The monoisotopic (exact) mass is 380 g/mol. The number of aliphatic imine (C=N–C) groups is 1. The maximum atomic E-state index is 6.31. The normalized spacial score (nSPS) is 18.3. The van der Waals surface area contributed by atoms with E-state index in [0.29, 0.717) is 11.8 Å². The maximum Gasteiger partial charge on any atom is 0.148 e. The van der Waals surface area contributed by atoms with Crippen LogP contribution in [-0.2, 0) is 6.42 Å². The summed E-state index contributed by atoms with van der Waals surface area (Å²) in [5.74, 6) is 1.12. The number of hydrogen-bond acceptors (Lipinski definition) is 4. The Labute approximate surface area is 171 Å². The summed E-state index contributed by atoms with van der Waals surface area (Å²) in [6, 6.07) is 16.6. The van der Waals surface area contributed by atoms with Crippen LogP contribution in [0.15, 0.2) is 89.1 Å². The van der Waals surface area contributed by atoms with Crippen molar-refractivity contribution >= 4 is 17.1 Å². The number of nitrogen functional groups attached to an aromatic ring is 1. The Balaban J connectivity index is 1.48. The molecule has 1 saturated carbocycles. The first-order valence-electron chi connectivity index (χ1n) is 10.1. The molecule has 0 saturated heterocycles. The Morgan fingerprint density at radius 3 is 2.55 bits per heavy atom. The van der Waals surface area contributed by atoms with Gasteiger partial charge in [0, 0.05) is 29.6 Å². The van der Waals surface area contributed by atoms with Crippen molar-refractivity contribution in [3.8, 4) is 0 Å². The van der Waals surface area contributed by atoms with Crippen LogP contribution in [-0.4, -0.2) is 10.7 Å². The molecule has 4 heteroatoms. The molecule has 1 aliphatic carbocycles. The first-order valence-corrected chi connectivity index (χ1v) is 10.1. The summed E-state index contributed by atoms with van der Waals surface area (Å²) in [4.78, 5) is 6.53. The van der Waals surface area contributed by atoms with Gasteiger partial charge in [0.1, 0.15) is 5.84 Å². The van der Waals surface area contributed by atoms with E-state index in [1.807, 2.05) is 24.4 Å². The highest BCUT2D eigenvalue weighted by atomic mass is 15.2. The van der Waals surface area contributed by atoms with Crippen molar-refractivity contribution in [1.82, 2.24) is 4.90 Å². The predicted molar refractivity (Wildman–Crippen MR) is 119 cm³/mol. The highest BCUT2D eigenvalue weighted by Gasteiger charge is 2.31. The highest BCUT2D eigenvalue weighted by Crippen LogP contribution is 2.40. The van der Waals surface area contributed by atoms with Crippen molar-refractivity contribution < 1.29 is 0 Å². The second-order valence-electron chi connectivity index (χ2n) is 7.82. The largest absolute Gasteiger partial charge is 0.398 e. The van der Waals surface area contributed by atoms with Crippen molar-refractivity contribution in [3.05, 3.63) is 101 Å². The second-order valence-corrected chi connectivity index (χ2v) is 7.82. The third-order valence-corrected chi connectivity index (χ3v) is 6.00. The summed E-state index contributed by atoms with van der Waals surface area (Å²) in [5, 5.41) is 0. The van der Waals surface area contributed by atoms with Gasteiger partial charge in [0.25, 0.3) is 0 Å². The third kappa shape index (κ3) is 3.18. The molecule has 0 radical (unpaired) electrons. The first kappa shape index (κ1) is 17.6. The van der Waals surface area contributed by atoms with Gasteiger partial charge in [-0.15, -0.1) is 0 Å². The molecule has 0 atom stereocenters. The molecule has 0 unspecified atom stereocenters. The zero-order valence-corrected chi connectivity index (χ0v) is 16.3. The smallest absolute Gasteiger partial charge is 0.148 e. The van der Waals surface area contributed by atoms with Crippen LogP contribution in [0.25, 0.3) is 5.57 Å². The molecule has 2 aromatic carbocycles. The molecule has 5 rings (SSSR count). The molecule has 3 aliphatic rings. The summed E-state index contributed by atoms with van der Waals surface area (Å²) >= 11 is 0. The average Bonchev–Trinajstić information content (AvgIpc) is 2.70. The summed E-state index contributed by atoms with van der Waals surface area (Å²) in [7, 11) is 0. The molecule has 4 nitrogen and oxygen atoms in total. The van der Waals surface area contributed by atoms with E-state index < -0.39 is 0 Å². The number of para-hydroxylation sites is 1. The van der Waals surface area contributed by atoms with Crippen molar-refractivity contribution in [3.63, 3.8) is 0 Å². The summed E-state index contributed by atoms with van der Waals surface area (Å²) < 4.78 is 0. The van der Waals surface area contributed by atoms with E-state index in [9.17, 15) is 0 Å². The van der Waals surface area contributed by atoms with Crippen molar-refractivity contribution in [2.24, 2.45) is 16.6 Å². The van der Waals surface area contributed by atoms with Crippen molar-refractivity contribution in [2.45, 2.75) is 25.7 Å². The maximum absolute atomic E-state index is 6.31. The van der Waals surface area contributed by atoms with Crippen molar-refractivity contribution in [1.29, 1.82) is 0 Å². The Morgan fingerprint density at radius 2 is 1.83 bits per heavy atom.